The summed E-state index contributed by atoms with van der Waals surface area (Å²) in [6.45, 7) is 2.10. The molecule has 0 saturated heterocycles. The molecule has 1 N–H and O–H groups in total. The van der Waals surface area contributed by atoms with E-state index in [0.717, 1.165) is 7.11 Å². The highest BCUT2D eigenvalue weighted by Crippen LogP contribution is 2.21. The van der Waals surface area contributed by atoms with Crippen LogP contribution in [-0.4, -0.2) is 19.6 Å². The molecule has 0 aromatic heterocycles. The van der Waals surface area contributed by atoms with Crippen molar-refractivity contribution in [2.45, 2.75) is 13.3 Å². The molecule has 96 valence electrons. The normalized spacial score (nSPS) is 9.33. The Bertz CT molecular complexity index is 504. The van der Waals surface area contributed by atoms with Gasteiger partial charge in [0.15, 0.2) is 11.6 Å². The van der Waals surface area contributed by atoms with Crippen molar-refractivity contribution in [3.8, 4) is 11.8 Å². The summed E-state index contributed by atoms with van der Waals surface area (Å²) < 4.78 is 31.5. The first-order chi connectivity index (χ1) is 8.61. The molecular weight excluding hydrogens is 240 g/mol. The minimum atomic E-state index is -1.21. The summed E-state index contributed by atoms with van der Waals surface area (Å²) in [7, 11) is 1.11. The predicted molar refractivity (Wildman–Crippen MR) is 64.3 cm³/mol. The van der Waals surface area contributed by atoms with Crippen molar-refractivity contribution < 1.29 is 18.3 Å². The number of methoxy groups -OCH3 is 1. The third-order valence-electron chi connectivity index (χ3n) is 2.23. The smallest absolute Gasteiger partial charge is 0.340 e. The van der Waals surface area contributed by atoms with E-state index in [1.54, 1.807) is 6.92 Å². The van der Waals surface area contributed by atoms with Gasteiger partial charge in [-0.3, -0.25) is 0 Å². The van der Waals surface area contributed by atoms with Crippen LogP contribution in [0.5, 0.6) is 0 Å². The molecule has 0 atom stereocenters. The lowest BCUT2D eigenvalue weighted by Gasteiger charge is -2.08. The number of ether oxygens (including phenoxy) is 1. The Labute approximate surface area is 104 Å². The summed E-state index contributed by atoms with van der Waals surface area (Å²) in [4.78, 5) is 11.1. The Balaban J connectivity index is 2.86. The minimum Gasteiger partial charge on any atom is -0.465 e. The highest BCUT2D eigenvalue weighted by Gasteiger charge is 2.18. The minimum absolute atomic E-state index is 0.00180. The second kappa shape index (κ2) is 6.60. The monoisotopic (exact) mass is 253 g/mol. The second-order valence-electron chi connectivity index (χ2n) is 3.38. The van der Waals surface area contributed by atoms with Crippen LogP contribution >= 0.6 is 0 Å². The van der Waals surface area contributed by atoms with Crippen LogP contribution < -0.4 is 5.32 Å². The van der Waals surface area contributed by atoms with Crippen LogP contribution in [0.4, 0.5) is 14.5 Å². The summed E-state index contributed by atoms with van der Waals surface area (Å²) >= 11 is 0. The molecular formula is C13H13F2NO2. The molecule has 18 heavy (non-hydrogen) atoms. The molecule has 0 fully saturated rings. The van der Waals surface area contributed by atoms with Gasteiger partial charge in [-0.15, -0.1) is 11.8 Å². The lowest BCUT2D eigenvalue weighted by Crippen LogP contribution is -2.09. The van der Waals surface area contributed by atoms with Gasteiger partial charge >= 0.3 is 5.97 Å². The molecule has 0 aliphatic carbocycles. The SMILES string of the molecule is CC#CCCNc1ccc(C(=O)OC)c(F)c1F. The van der Waals surface area contributed by atoms with E-state index in [0.29, 0.717) is 13.0 Å². The number of carbonyl (C=O) groups excluding carboxylic acids is 1. The number of hydrogen-bond acceptors (Lipinski definition) is 3. The van der Waals surface area contributed by atoms with E-state index < -0.39 is 23.2 Å². The standard InChI is InChI=1S/C13H13F2NO2/c1-3-4-5-8-16-10-7-6-9(13(17)18-2)11(14)12(10)15/h6-7,16H,5,8H2,1-2H3. The zero-order valence-corrected chi connectivity index (χ0v) is 10.1. The molecule has 0 aliphatic heterocycles. The number of esters is 1. The van der Waals surface area contributed by atoms with E-state index >= 15 is 0 Å². The Kier molecular flexibility index (Phi) is 5.12. The van der Waals surface area contributed by atoms with E-state index in [1.807, 2.05) is 0 Å². The fourth-order valence-corrected chi connectivity index (χ4v) is 1.34. The van der Waals surface area contributed by atoms with E-state index in [2.05, 4.69) is 21.9 Å². The lowest BCUT2D eigenvalue weighted by molar-refractivity contribution is 0.0594. The van der Waals surface area contributed by atoms with Crippen molar-refractivity contribution in [3.63, 3.8) is 0 Å². The van der Waals surface area contributed by atoms with E-state index in [4.69, 9.17) is 0 Å². The molecule has 1 rings (SSSR count). The van der Waals surface area contributed by atoms with Crippen LogP contribution in [0.3, 0.4) is 0 Å². The van der Waals surface area contributed by atoms with E-state index in [1.165, 1.54) is 12.1 Å². The first kappa shape index (κ1) is 14.0. The van der Waals surface area contributed by atoms with Gasteiger partial charge < -0.3 is 10.1 Å². The fraction of sp³-hybridized carbons (Fsp3) is 0.308. The van der Waals surface area contributed by atoms with Crippen LogP contribution in [0.25, 0.3) is 0 Å². The zero-order chi connectivity index (χ0) is 13.5. The van der Waals surface area contributed by atoms with Gasteiger partial charge in [-0.2, -0.15) is 0 Å². The van der Waals surface area contributed by atoms with Crippen molar-refractivity contribution >= 4 is 11.7 Å². The van der Waals surface area contributed by atoms with Gasteiger partial charge in [0.05, 0.1) is 18.4 Å². The van der Waals surface area contributed by atoms with Crippen molar-refractivity contribution in [1.82, 2.24) is 0 Å². The summed E-state index contributed by atoms with van der Waals surface area (Å²) in [6, 6.07) is 2.47. The number of hydrogen-bond donors (Lipinski definition) is 1. The Morgan fingerprint density at radius 1 is 1.39 bits per heavy atom. The van der Waals surface area contributed by atoms with E-state index in [9.17, 15) is 13.6 Å². The quantitative estimate of drug-likeness (QED) is 0.509. The van der Waals surface area contributed by atoms with Crippen molar-refractivity contribution in [2.24, 2.45) is 0 Å². The van der Waals surface area contributed by atoms with Crippen LogP contribution in [-0.2, 0) is 4.74 Å². The molecule has 0 radical (unpaired) electrons. The maximum atomic E-state index is 13.6. The third kappa shape index (κ3) is 3.20. The summed E-state index contributed by atoms with van der Waals surface area (Å²) in [6.07, 6.45) is 0.524. The Morgan fingerprint density at radius 3 is 2.72 bits per heavy atom. The van der Waals surface area contributed by atoms with Gasteiger partial charge in [0.25, 0.3) is 0 Å². The number of nitrogens with one attached hydrogen (secondary N) is 1. The number of anilines is 1. The van der Waals surface area contributed by atoms with Crippen LogP contribution in [0, 0.1) is 23.5 Å². The molecule has 0 saturated carbocycles. The van der Waals surface area contributed by atoms with Crippen molar-refractivity contribution in [3.05, 3.63) is 29.3 Å². The first-order valence-corrected chi connectivity index (χ1v) is 5.31. The molecule has 0 unspecified atom stereocenters. The number of carbonyl (C=O) groups is 1. The van der Waals surface area contributed by atoms with Gasteiger partial charge in [-0.05, 0) is 19.1 Å². The number of rotatable bonds is 4. The average Bonchev–Trinajstić information content (AvgIpc) is 2.38. The average molecular weight is 253 g/mol. The van der Waals surface area contributed by atoms with Gasteiger partial charge in [-0.1, -0.05) is 0 Å². The number of halogens is 2. The molecule has 0 bridgehead atoms. The molecule has 1 aromatic carbocycles. The van der Waals surface area contributed by atoms with Gasteiger partial charge in [0.2, 0.25) is 0 Å². The maximum absolute atomic E-state index is 13.6. The van der Waals surface area contributed by atoms with E-state index in [-0.39, 0.29) is 5.69 Å². The van der Waals surface area contributed by atoms with Gasteiger partial charge in [0, 0.05) is 13.0 Å². The summed E-state index contributed by atoms with van der Waals surface area (Å²) in [5.74, 6) is 2.26. The summed E-state index contributed by atoms with van der Waals surface area (Å²) in [5, 5.41) is 2.70. The summed E-state index contributed by atoms with van der Waals surface area (Å²) in [5.41, 5.74) is -0.424. The van der Waals surface area contributed by atoms with Crippen LogP contribution in [0.1, 0.15) is 23.7 Å². The highest BCUT2D eigenvalue weighted by molar-refractivity contribution is 5.90. The Morgan fingerprint density at radius 2 is 2.11 bits per heavy atom. The molecule has 0 heterocycles. The van der Waals surface area contributed by atoms with Crippen molar-refractivity contribution in [1.29, 1.82) is 0 Å². The second-order valence-corrected chi connectivity index (χ2v) is 3.38. The topological polar surface area (TPSA) is 38.3 Å². The third-order valence-corrected chi connectivity index (χ3v) is 2.23. The fourth-order valence-electron chi connectivity index (χ4n) is 1.34. The largest absolute Gasteiger partial charge is 0.465 e. The van der Waals surface area contributed by atoms with Crippen LogP contribution in [0.15, 0.2) is 12.1 Å². The van der Waals surface area contributed by atoms with Gasteiger partial charge in [0.1, 0.15) is 0 Å². The molecule has 0 aliphatic rings. The zero-order valence-electron chi connectivity index (χ0n) is 10.1. The molecule has 0 amide bonds. The molecule has 3 nitrogen and oxygen atoms in total. The maximum Gasteiger partial charge on any atom is 0.340 e. The van der Waals surface area contributed by atoms with Gasteiger partial charge in [-0.25, -0.2) is 13.6 Å². The molecule has 5 heteroatoms. The predicted octanol–water partition coefficient (Wildman–Crippen LogP) is 2.58. The molecule has 1 aromatic rings. The molecule has 0 spiro atoms. The first-order valence-electron chi connectivity index (χ1n) is 5.31. The highest BCUT2D eigenvalue weighted by atomic mass is 19.2. The van der Waals surface area contributed by atoms with Crippen molar-refractivity contribution in [2.75, 3.05) is 19.0 Å². The number of benzene rings is 1. The Hall–Kier alpha value is -2.09. The lowest BCUT2D eigenvalue weighted by atomic mass is 10.2. The van der Waals surface area contributed by atoms with Crippen LogP contribution in [0.2, 0.25) is 0 Å².